The molecule has 1 fully saturated rings. The Labute approximate surface area is 405 Å². The van der Waals surface area contributed by atoms with Gasteiger partial charge in [-0.25, -0.2) is 0 Å². The lowest BCUT2D eigenvalue weighted by Crippen LogP contribution is -2.27. The van der Waals surface area contributed by atoms with Gasteiger partial charge in [0, 0.05) is 66.4 Å². The first kappa shape index (κ1) is 40.5. The molecule has 3 atom stereocenters. The van der Waals surface area contributed by atoms with E-state index in [4.69, 9.17) is 4.74 Å². The maximum absolute atomic E-state index is 13.3. The number of hydrogen-bond acceptors (Lipinski definition) is 3. The molecule has 3 unspecified atom stereocenters. The summed E-state index contributed by atoms with van der Waals surface area (Å²) >= 11 is 0. The Kier molecular flexibility index (Phi) is 9.41. The minimum atomic E-state index is -0.0650. The molecule has 6 nitrogen and oxygen atoms in total. The lowest BCUT2D eigenvalue weighted by molar-refractivity contribution is -0.152. The third-order valence-corrected chi connectivity index (χ3v) is 15.2. The van der Waals surface area contributed by atoms with E-state index in [0.717, 1.165) is 80.8 Å². The van der Waals surface area contributed by atoms with Gasteiger partial charge in [0.1, 0.15) is 6.61 Å². The SMILES string of the molecule is O=C(OCc1ccc2c(c1)c1ccccc1n2-c1ccc(N(c2ccc(-n3c4ccccc4c4ccccc43)cc2)c2ccc(-n3c4ccccc4c4ccccc43)cc2)cc1)C1CCC2C=CC1C2. The molecule has 2 aliphatic rings. The number of fused-ring (bicyclic) bond motifs is 11. The van der Waals surface area contributed by atoms with Gasteiger partial charge >= 0.3 is 5.97 Å². The molecule has 0 spiro atoms. The summed E-state index contributed by atoms with van der Waals surface area (Å²) in [6.07, 6.45) is 7.61. The summed E-state index contributed by atoms with van der Waals surface area (Å²) in [6, 6.07) is 76.6. The van der Waals surface area contributed by atoms with Crippen molar-refractivity contribution >= 4 is 88.4 Å². The van der Waals surface area contributed by atoms with Crippen molar-refractivity contribution in [2.45, 2.75) is 25.9 Å². The number of carbonyl (C=O) groups excluding carboxylic acids is 1. The van der Waals surface area contributed by atoms with Crippen molar-refractivity contribution in [3.63, 3.8) is 0 Å². The molecule has 6 heteroatoms. The van der Waals surface area contributed by atoms with Crippen LogP contribution in [0.3, 0.4) is 0 Å². The quantitative estimate of drug-likeness (QED) is 0.107. The first-order chi connectivity index (χ1) is 34.6. The highest BCUT2D eigenvalue weighted by Crippen LogP contribution is 2.43. The number of ether oxygens (including phenoxy) is 1. The fraction of sp³-hybridized carbons (Fsp3) is 0.109. The standard InChI is InChI=1S/C64H48N4O2/c69-64(51-37-22-42-21-24-44(51)39-42)70-41-43-23-38-63-57(40-43)56-15-5-10-20-62(56)68(63)50-35-29-47(30-36-50)65(45-25-31-48(32-26-45)66-58-16-6-1-11-52(58)53-12-2-7-17-59(53)66)46-27-33-49(34-28-46)67-60-18-8-3-13-54(60)55-14-4-9-19-61(55)67/h1-21,23-36,38,40,42,44,51H,22,37,39,41H2. The van der Waals surface area contributed by atoms with Crippen LogP contribution < -0.4 is 4.90 Å². The van der Waals surface area contributed by atoms with E-state index < -0.39 is 0 Å². The molecular weight excluding hydrogens is 857 g/mol. The average molecular weight is 905 g/mol. The Balaban J connectivity index is 0.838. The summed E-state index contributed by atoms with van der Waals surface area (Å²) in [4.78, 5) is 15.7. The fourth-order valence-electron chi connectivity index (χ4n) is 12.0. The van der Waals surface area contributed by atoms with Gasteiger partial charge in [0.25, 0.3) is 0 Å². The van der Waals surface area contributed by atoms with Gasteiger partial charge < -0.3 is 23.3 Å². The molecule has 3 heterocycles. The van der Waals surface area contributed by atoms with Gasteiger partial charge in [-0.05, 0) is 152 Å². The van der Waals surface area contributed by atoms with E-state index in [2.05, 4.69) is 243 Å². The predicted molar refractivity (Wildman–Crippen MR) is 287 cm³/mol. The van der Waals surface area contributed by atoms with Gasteiger partial charge in [0.05, 0.1) is 39.0 Å². The fourth-order valence-corrected chi connectivity index (χ4v) is 12.0. The van der Waals surface area contributed by atoms with Gasteiger partial charge in [0.2, 0.25) is 0 Å². The number of aromatic nitrogens is 3. The third-order valence-electron chi connectivity index (χ3n) is 15.2. The van der Waals surface area contributed by atoms with Crippen LogP contribution in [0.15, 0.2) is 224 Å². The van der Waals surface area contributed by atoms with Crippen molar-refractivity contribution in [1.29, 1.82) is 0 Å². The number of allylic oxidation sites excluding steroid dienone is 2. The van der Waals surface area contributed by atoms with Crippen LogP contribution in [0.25, 0.3) is 82.5 Å². The second-order valence-corrected chi connectivity index (χ2v) is 19.2. The van der Waals surface area contributed by atoms with Gasteiger partial charge in [-0.15, -0.1) is 0 Å². The summed E-state index contributed by atoms with van der Waals surface area (Å²) in [5.74, 6) is 0.859. The summed E-state index contributed by atoms with van der Waals surface area (Å²) in [5.41, 5.74) is 14.4. The second kappa shape index (κ2) is 16.3. The van der Waals surface area contributed by atoms with Crippen LogP contribution in [0.5, 0.6) is 0 Å². The molecule has 12 aromatic rings. The summed E-state index contributed by atoms with van der Waals surface area (Å²) in [6.45, 7) is 0.272. The highest BCUT2D eigenvalue weighted by Gasteiger charge is 2.37. The van der Waals surface area contributed by atoms with Gasteiger partial charge in [0.15, 0.2) is 0 Å². The normalized spacial score (nSPS) is 16.6. The molecular formula is C64H48N4O2. The smallest absolute Gasteiger partial charge is 0.309 e. The number of rotatable bonds is 9. The lowest BCUT2D eigenvalue weighted by Gasteiger charge is -2.27. The number of esters is 1. The highest BCUT2D eigenvalue weighted by molar-refractivity contribution is 6.11. The molecule has 0 saturated heterocycles. The zero-order chi connectivity index (χ0) is 46.3. The van der Waals surface area contributed by atoms with Crippen molar-refractivity contribution in [2.75, 3.05) is 4.90 Å². The average Bonchev–Trinajstić information content (AvgIpc) is 4.16. The Hall–Kier alpha value is -8.61. The maximum Gasteiger partial charge on any atom is 0.309 e. The van der Waals surface area contributed by atoms with Crippen LogP contribution in [-0.4, -0.2) is 19.7 Å². The lowest BCUT2D eigenvalue weighted by atomic mass is 9.79. The molecule has 0 radical (unpaired) electrons. The summed E-state index contributed by atoms with van der Waals surface area (Å²) < 4.78 is 13.1. The third kappa shape index (κ3) is 6.51. The number of anilines is 3. The molecule has 0 amide bonds. The maximum atomic E-state index is 13.3. The Morgan fingerprint density at radius 2 is 0.814 bits per heavy atom. The predicted octanol–water partition coefficient (Wildman–Crippen LogP) is 16.1. The minimum Gasteiger partial charge on any atom is -0.461 e. The largest absolute Gasteiger partial charge is 0.461 e. The second-order valence-electron chi connectivity index (χ2n) is 19.2. The van der Waals surface area contributed by atoms with Crippen LogP contribution in [-0.2, 0) is 16.1 Å². The molecule has 14 rings (SSSR count). The van der Waals surface area contributed by atoms with Crippen molar-refractivity contribution < 1.29 is 9.53 Å². The van der Waals surface area contributed by atoms with E-state index in [0.29, 0.717) is 11.8 Å². The van der Waals surface area contributed by atoms with E-state index in [1.54, 1.807) is 0 Å². The van der Waals surface area contributed by atoms with E-state index in [9.17, 15) is 4.79 Å². The summed E-state index contributed by atoms with van der Waals surface area (Å²) in [7, 11) is 0. The molecule has 0 N–H and O–H groups in total. The van der Waals surface area contributed by atoms with Crippen LogP contribution in [0, 0.1) is 17.8 Å². The Morgan fingerprint density at radius 1 is 0.429 bits per heavy atom. The van der Waals surface area contributed by atoms with E-state index in [1.165, 1.54) is 43.6 Å². The monoisotopic (exact) mass is 904 g/mol. The number of carbonyl (C=O) groups is 1. The Morgan fingerprint density at radius 3 is 1.24 bits per heavy atom. The van der Waals surface area contributed by atoms with E-state index >= 15 is 0 Å². The molecule has 3 aromatic heterocycles. The summed E-state index contributed by atoms with van der Waals surface area (Å²) in [5, 5.41) is 7.29. The molecule has 9 aromatic carbocycles. The molecule has 2 bridgehead atoms. The van der Waals surface area contributed by atoms with Crippen LogP contribution in [0.4, 0.5) is 17.1 Å². The molecule has 336 valence electrons. The molecule has 70 heavy (non-hydrogen) atoms. The van der Waals surface area contributed by atoms with Crippen LogP contribution in [0.1, 0.15) is 24.8 Å². The Bertz CT molecular complexity index is 3760. The molecule has 1 saturated carbocycles. The van der Waals surface area contributed by atoms with Crippen molar-refractivity contribution in [2.24, 2.45) is 17.8 Å². The van der Waals surface area contributed by atoms with Crippen molar-refractivity contribution in [3.05, 3.63) is 230 Å². The van der Waals surface area contributed by atoms with Gasteiger partial charge in [-0.1, -0.05) is 109 Å². The number of benzene rings is 9. The molecule has 2 aliphatic carbocycles. The van der Waals surface area contributed by atoms with Gasteiger partial charge in [-0.2, -0.15) is 0 Å². The number of hydrogen-bond donors (Lipinski definition) is 0. The van der Waals surface area contributed by atoms with Gasteiger partial charge in [-0.3, -0.25) is 4.79 Å². The number of para-hydroxylation sites is 5. The van der Waals surface area contributed by atoms with E-state index in [-0.39, 0.29) is 18.5 Å². The van der Waals surface area contributed by atoms with Crippen LogP contribution in [0.2, 0.25) is 0 Å². The first-order valence-electron chi connectivity index (χ1n) is 24.6. The first-order valence-corrected chi connectivity index (χ1v) is 24.6. The van der Waals surface area contributed by atoms with Crippen molar-refractivity contribution in [3.8, 4) is 17.1 Å². The highest BCUT2D eigenvalue weighted by atomic mass is 16.5. The van der Waals surface area contributed by atoms with E-state index in [1.807, 2.05) is 0 Å². The zero-order valence-electron chi connectivity index (χ0n) is 38.5. The minimum absolute atomic E-state index is 0.0317. The van der Waals surface area contributed by atoms with Crippen LogP contribution >= 0.6 is 0 Å². The number of nitrogens with zero attached hydrogens (tertiary/aromatic N) is 4. The van der Waals surface area contributed by atoms with Crippen molar-refractivity contribution in [1.82, 2.24) is 13.7 Å². The zero-order valence-corrected chi connectivity index (χ0v) is 38.5. The molecule has 0 aliphatic heterocycles. The topological polar surface area (TPSA) is 44.3 Å².